The summed E-state index contributed by atoms with van der Waals surface area (Å²) in [6.45, 7) is 2.01. The normalized spacial score (nSPS) is 13.2. The van der Waals surface area contributed by atoms with Gasteiger partial charge in [0.2, 0.25) is 0 Å². The van der Waals surface area contributed by atoms with E-state index in [9.17, 15) is 0 Å². The molecular formula is C8H12BrNOS. The fourth-order valence-electron chi connectivity index (χ4n) is 0.775. The van der Waals surface area contributed by atoms with Gasteiger partial charge in [0.25, 0.3) is 0 Å². The number of hydrogen-bond donors (Lipinski definition) is 1. The van der Waals surface area contributed by atoms with Crippen LogP contribution < -0.4 is 5.73 Å². The first-order valence-electron chi connectivity index (χ1n) is 3.76. The zero-order chi connectivity index (χ0) is 8.97. The molecule has 0 amide bonds. The molecule has 0 aliphatic heterocycles. The summed E-state index contributed by atoms with van der Waals surface area (Å²) in [6, 6.07) is 4.13. The Morgan fingerprint density at radius 1 is 1.67 bits per heavy atom. The quantitative estimate of drug-likeness (QED) is 0.892. The predicted molar refractivity (Wildman–Crippen MR) is 56.2 cm³/mol. The molecule has 12 heavy (non-hydrogen) atoms. The average molecular weight is 250 g/mol. The van der Waals surface area contributed by atoms with Gasteiger partial charge in [-0.3, -0.25) is 0 Å². The molecule has 68 valence electrons. The Morgan fingerprint density at radius 2 is 2.42 bits per heavy atom. The first kappa shape index (κ1) is 10.2. The van der Waals surface area contributed by atoms with Crippen molar-refractivity contribution in [1.82, 2.24) is 0 Å². The lowest BCUT2D eigenvalue weighted by atomic mass is 10.4. The summed E-state index contributed by atoms with van der Waals surface area (Å²) < 4.78 is 6.11. The molecule has 0 radical (unpaired) electrons. The van der Waals surface area contributed by atoms with Crippen molar-refractivity contribution in [2.24, 2.45) is 5.73 Å². The van der Waals surface area contributed by atoms with Crippen LogP contribution in [0.15, 0.2) is 21.2 Å². The van der Waals surface area contributed by atoms with E-state index in [0.717, 1.165) is 21.9 Å². The smallest absolute Gasteiger partial charge is 0.169 e. The van der Waals surface area contributed by atoms with Gasteiger partial charge in [0, 0.05) is 11.8 Å². The second-order valence-electron chi connectivity index (χ2n) is 2.70. The third-order valence-electron chi connectivity index (χ3n) is 1.25. The van der Waals surface area contributed by atoms with Gasteiger partial charge in [-0.2, -0.15) is 11.8 Å². The van der Waals surface area contributed by atoms with Gasteiger partial charge >= 0.3 is 0 Å². The van der Waals surface area contributed by atoms with Crippen LogP contribution in [0, 0.1) is 0 Å². The largest absolute Gasteiger partial charge is 0.453 e. The van der Waals surface area contributed by atoms with Crippen LogP contribution in [-0.2, 0) is 5.75 Å². The molecule has 1 heterocycles. The van der Waals surface area contributed by atoms with Gasteiger partial charge in [-0.25, -0.2) is 0 Å². The lowest BCUT2D eigenvalue weighted by molar-refractivity contribution is 0.506. The number of nitrogens with two attached hydrogens (primary N) is 1. The van der Waals surface area contributed by atoms with Crippen molar-refractivity contribution in [3.63, 3.8) is 0 Å². The van der Waals surface area contributed by atoms with Crippen molar-refractivity contribution in [3.8, 4) is 0 Å². The molecule has 0 aliphatic rings. The molecule has 1 unspecified atom stereocenters. The van der Waals surface area contributed by atoms with Crippen LogP contribution in [0.25, 0.3) is 0 Å². The number of rotatable bonds is 4. The Kier molecular flexibility index (Phi) is 4.18. The average Bonchev–Trinajstić information content (AvgIpc) is 2.35. The lowest BCUT2D eigenvalue weighted by Crippen LogP contribution is -2.17. The van der Waals surface area contributed by atoms with E-state index in [1.807, 2.05) is 19.1 Å². The number of thioether (sulfide) groups is 1. The second-order valence-corrected chi connectivity index (χ2v) is 4.51. The molecule has 1 atom stereocenters. The van der Waals surface area contributed by atoms with Crippen molar-refractivity contribution in [1.29, 1.82) is 0 Å². The maximum absolute atomic E-state index is 5.60. The molecule has 0 saturated carbocycles. The number of halogens is 1. The van der Waals surface area contributed by atoms with E-state index in [-0.39, 0.29) is 6.04 Å². The van der Waals surface area contributed by atoms with Gasteiger partial charge in [0.05, 0.1) is 5.75 Å². The zero-order valence-corrected chi connectivity index (χ0v) is 9.32. The summed E-state index contributed by atoms with van der Waals surface area (Å²) in [6.07, 6.45) is 0. The summed E-state index contributed by atoms with van der Waals surface area (Å²) in [4.78, 5) is 0. The molecule has 1 aromatic heterocycles. The molecular weight excluding hydrogens is 238 g/mol. The minimum Gasteiger partial charge on any atom is -0.453 e. The van der Waals surface area contributed by atoms with Crippen LogP contribution in [-0.4, -0.2) is 11.8 Å². The van der Waals surface area contributed by atoms with Gasteiger partial charge < -0.3 is 10.2 Å². The van der Waals surface area contributed by atoms with Crippen molar-refractivity contribution in [2.75, 3.05) is 5.75 Å². The highest BCUT2D eigenvalue weighted by Crippen LogP contribution is 2.18. The SMILES string of the molecule is CC(N)CSCc1ccc(Br)o1. The standard InChI is InChI=1S/C8H12BrNOS/c1-6(10)4-12-5-7-2-3-8(9)11-7/h2-3,6H,4-5,10H2,1H3. The van der Waals surface area contributed by atoms with Crippen LogP contribution in [0.5, 0.6) is 0 Å². The Morgan fingerprint density at radius 3 is 2.92 bits per heavy atom. The number of hydrogen-bond acceptors (Lipinski definition) is 3. The van der Waals surface area contributed by atoms with Gasteiger partial charge in [0.1, 0.15) is 5.76 Å². The molecule has 1 aromatic rings. The maximum atomic E-state index is 5.60. The summed E-state index contributed by atoms with van der Waals surface area (Å²) in [5.41, 5.74) is 5.60. The highest BCUT2D eigenvalue weighted by atomic mass is 79.9. The van der Waals surface area contributed by atoms with Crippen molar-refractivity contribution in [2.45, 2.75) is 18.7 Å². The topological polar surface area (TPSA) is 39.2 Å². The summed E-state index contributed by atoms with van der Waals surface area (Å²) in [5.74, 6) is 2.86. The van der Waals surface area contributed by atoms with E-state index in [2.05, 4.69) is 15.9 Å². The molecule has 0 saturated heterocycles. The van der Waals surface area contributed by atoms with E-state index in [1.165, 1.54) is 0 Å². The molecule has 0 spiro atoms. The molecule has 0 aliphatic carbocycles. The predicted octanol–water partition coefficient (Wildman–Crippen LogP) is 2.62. The molecule has 2 N–H and O–H groups in total. The van der Waals surface area contributed by atoms with Crippen LogP contribution in [0.4, 0.5) is 0 Å². The van der Waals surface area contributed by atoms with Crippen molar-refractivity contribution < 1.29 is 4.42 Å². The van der Waals surface area contributed by atoms with Crippen molar-refractivity contribution in [3.05, 3.63) is 22.6 Å². The first-order valence-corrected chi connectivity index (χ1v) is 5.71. The van der Waals surface area contributed by atoms with E-state index in [4.69, 9.17) is 10.2 Å². The first-order chi connectivity index (χ1) is 5.68. The van der Waals surface area contributed by atoms with Crippen LogP contribution in [0.1, 0.15) is 12.7 Å². The minimum absolute atomic E-state index is 0.258. The van der Waals surface area contributed by atoms with Crippen molar-refractivity contribution >= 4 is 27.7 Å². The highest BCUT2D eigenvalue weighted by Gasteiger charge is 2.00. The van der Waals surface area contributed by atoms with Gasteiger partial charge in [-0.05, 0) is 35.0 Å². The van der Waals surface area contributed by atoms with E-state index < -0.39 is 0 Å². The number of furan rings is 1. The fraction of sp³-hybridized carbons (Fsp3) is 0.500. The maximum Gasteiger partial charge on any atom is 0.169 e. The minimum atomic E-state index is 0.258. The Labute approximate surface area is 85.0 Å². The molecule has 0 bridgehead atoms. The Hall–Kier alpha value is 0.0700. The molecule has 1 rings (SSSR count). The molecule has 2 nitrogen and oxygen atoms in total. The molecule has 4 heteroatoms. The second kappa shape index (κ2) is 4.94. The van der Waals surface area contributed by atoms with Gasteiger partial charge in [-0.1, -0.05) is 0 Å². The van der Waals surface area contributed by atoms with Gasteiger partial charge in [0.15, 0.2) is 4.67 Å². The van der Waals surface area contributed by atoms with Crippen LogP contribution in [0.2, 0.25) is 0 Å². The third-order valence-corrected chi connectivity index (χ3v) is 2.93. The zero-order valence-electron chi connectivity index (χ0n) is 6.92. The van der Waals surface area contributed by atoms with Crippen LogP contribution in [0.3, 0.4) is 0 Å². The van der Waals surface area contributed by atoms with E-state index in [1.54, 1.807) is 11.8 Å². The van der Waals surface area contributed by atoms with Crippen LogP contribution >= 0.6 is 27.7 Å². The lowest BCUT2D eigenvalue weighted by Gasteiger charge is -2.01. The highest BCUT2D eigenvalue weighted by molar-refractivity contribution is 9.10. The Bertz CT molecular complexity index is 237. The molecule has 0 aromatic carbocycles. The molecule has 0 fully saturated rings. The van der Waals surface area contributed by atoms with E-state index in [0.29, 0.717) is 0 Å². The fourth-order valence-corrected chi connectivity index (χ4v) is 1.96. The van der Waals surface area contributed by atoms with E-state index >= 15 is 0 Å². The summed E-state index contributed by atoms with van der Waals surface area (Å²) >= 11 is 5.04. The monoisotopic (exact) mass is 249 g/mol. The summed E-state index contributed by atoms with van der Waals surface area (Å²) in [7, 11) is 0. The van der Waals surface area contributed by atoms with Gasteiger partial charge in [-0.15, -0.1) is 0 Å². The third kappa shape index (κ3) is 3.65. The summed E-state index contributed by atoms with van der Waals surface area (Å²) in [5, 5.41) is 0. The Balaban J connectivity index is 2.24.